The Hall–Kier alpha value is -2.75. The fourth-order valence-electron chi connectivity index (χ4n) is 2.81. The van der Waals surface area contributed by atoms with Gasteiger partial charge in [0.1, 0.15) is 0 Å². The molecule has 2 N–H and O–H groups in total. The molecule has 0 saturated heterocycles. The van der Waals surface area contributed by atoms with Gasteiger partial charge in [0, 0.05) is 12.7 Å². The van der Waals surface area contributed by atoms with Gasteiger partial charge in [-0.05, 0) is 34.0 Å². The van der Waals surface area contributed by atoms with E-state index in [9.17, 15) is 18.3 Å². The predicted octanol–water partition coefficient (Wildman–Crippen LogP) is 2.89. The molecule has 2 heterocycles. The van der Waals surface area contributed by atoms with Crippen molar-refractivity contribution >= 4 is 33.0 Å². The van der Waals surface area contributed by atoms with Gasteiger partial charge < -0.3 is 10.0 Å². The summed E-state index contributed by atoms with van der Waals surface area (Å²) < 4.78 is 25.3. The van der Waals surface area contributed by atoms with E-state index in [0.29, 0.717) is 6.54 Å². The fourth-order valence-corrected chi connectivity index (χ4v) is 4.06. The van der Waals surface area contributed by atoms with Gasteiger partial charge in [0.05, 0.1) is 36.4 Å². The summed E-state index contributed by atoms with van der Waals surface area (Å²) in [5, 5.41) is 14.3. The minimum atomic E-state index is -3.49. The van der Waals surface area contributed by atoms with Crippen LogP contribution in [0.2, 0.25) is 0 Å². The normalized spacial score (nSPS) is 12.3. The molecule has 2 aromatic heterocycles. The molecule has 152 valence electrons. The molecule has 0 spiro atoms. The number of sulfonamides is 1. The quantitative estimate of drug-likeness (QED) is 0.571. The Balaban J connectivity index is 1.86. The second-order valence-corrected chi connectivity index (χ2v) is 9.11. The van der Waals surface area contributed by atoms with Crippen LogP contribution < -0.4 is 4.72 Å². The number of aromatic nitrogens is 1. The van der Waals surface area contributed by atoms with Crippen molar-refractivity contribution in [3.8, 4) is 0 Å². The largest absolute Gasteiger partial charge is 0.387 e. The zero-order valence-electron chi connectivity index (χ0n) is 15.7. The van der Waals surface area contributed by atoms with Crippen molar-refractivity contribution in [3.63, 3.8) is 0 Å². The van der Waals surface area contributed by atoms with E-state index in [0.717, 1.165) is 17.4 Å². The van der Waals surface area contributed by atoms with Crippen LogP contribution in [0.3, 0.4) is 0 Å². The number of carbonyl (C=O) groups excluding carboxylic acids is 1. The molecular formula is C20H21N3O4S2. The van der Waals surface area contributed by atoms with E-state index in [1.54, 1.807) is 0 Å². The number of aliphatic hydroxyl groups excluding tert-OH is 1. The first-order chi connectivity index (χ1) is 13.8. The highest BCUT2D eigenvalue weighted by atomic mass is 32.2. The summed E-state index contributed by atoms with van der Waals surface area (Å²) in [6.07, 6.45) is 2.91. The maximum atomic E-state index is 13.2. The maximum absolute atomic E-state index is 13.2. The van der Waals surface area contributed by atoms with Gasteiger partial charge in [-0.15, -0.1) is 0 Å². The molecule has 9 heteroatoms. The van der Waals surface area contributed by atoms with E-state index in [-0.39, 0.29) is 23.7 Å². The van der Waals surface area contributed by atoms with E-state index in [2.05, 4.69) is 9.71 Å². The van der Waals surface area contributed by atoms with Crippen molar-refractivity contribution in [1.82, 2.24) is 9.88 Å². The minimum Gasteiger partial charge on any atom is -0.387 e. The Morgan fingerprint density at radius 1 is 1.24 bits per heavy atom. The maximum Gasteiger partial charge on any atom is 0.255 e. The Bertz CT molecular complexity index is 1050. The first-order valence-corrected chi connectivity index (χ1v) is 11.6. The Morgan fingerprint density at radius 3 is 2.66 bits per heavy atom. The number of hydrogen-bond donors (Lipinski definition) is 2. The summed E-state index contributed by atoms with van der Waals surface area (Å²) in [5.74, 6) is -0.354. The summed E-state index contributed by atoms with van der Waals surface area (Å²) in [4.78, 5) is 18.7. The number of hydrogen-bond acceptors (Lipinski definition) is 6. The van der Waals surface area contributed by atoms with Crippen molar-refractivity contribution in [2.24, 2.45) is 0 Å². The van der Waals surface area contributed by atoms with Crippen LogP contribution in [0.15, 0.2) is 65.6 Å². The van der Waals surface area contributed by atoms with Crippen molar-refractivity contribution in [2.45, 2.75) is 12.6 Å². The van der Waals surface area contributed by atoms with Crippen LogP contribution in [0.5, 0.6) is 0 Å². The predicted molar refractivity (Wildman–Crippen MR) is 113 cm³/mol. The van der Waals surface area contributed by atoms with Gasteiger partial charge in [0.2, 0.25) is 10.0 Å². The molecule has 0 bridgehead atoms. The highest BCUT2D eigenvalue weighted by molar-refractivity contribution is 7.92. The summed E-state index contributed by atoms with van der Waals surface area (Å²) in [6.45, 7) is 0.388. The molecule has 3 rings (SSSR count). The molecule has 3 aromatic rings. The van der Waals surface area contributed by atoms with E-state index in [1.165, 1.54) is 34.7 Å². The van der Waals surface area contributed by atoms with Gasteiger partial charge >= 0.3 is 0 Å². The van der Waals surface area contributed by atoms with Gasteiger partial charge in [-0.1, -0.05) is 30.3 Å². The summed E-state index contributed by atoms with van der Waals surface area (Å²) in [6, 6.07) is 12.7. The molecule has 1 amide bonds. The number of carbonyl (C=O) groups is 1. The van der Waals surface area contributed by atoms with Crippen LogP contribution in [-0.2, 0) is 16.6 Å². The molecule has 0 aliphatic heterocycles. The number of anilines is 1. The SMILES string of the molecule is CS(=O)(=O)Nc1cncc(C(=O)N(Cc2ccccc2)CC(O)c2ccsc2)c1. The van der Waals surface area contributed by atoms with Crippen LogP contribution in [0.4, 0.5) is 5.69 Å². The van der Waals surface area contributed by atoms with Crippen molar-refractivity contribution in [1.29, 1.82) is 0 Å². The van der Waals surface area contributed by atoms with Crippen LogP contribution in [0, 0.1) is 0 Å². The van der Waals surface area contributed by atoms with Gasteiger partial charge in [0.15, 0.2) is 0 Å². The van der Waals surface area contributed by atoms with E-state index in [1.807, 2.05) is 47.2 Å². The first kappa shape index (κ1) is 21.0. The number of rotatable bonds is 8. The molecule has 0 aliphatic carbocycles. The highest BCUT2D eigenvalue weighted by Crippen LogP contribution is 2.21. The van der Waals surface area contributed by atoms with Crippen LogP contribution in [0.25, 0.3) is 0 Å². The topological polar surface area (TPSA) is 99.6 Å². The molecular weight excluding hydrogens is 410 g/mol. The average Bonchev–Trinajstić information content (AvgIpc) is 3.21. The highest BCUT2D eigenvalue weighted by Gasteiger charge is 2.21. The third-order valence-corrected chi connectivity index (χ3v) is 5.42. The molecule has 1 unspecified atom stereocenters. The molecule has 7 nitrogen and oxygen atoms in total. The number of pyridine rings is 1. The van der Waals surface area contributed by atoms with E-state index >= 15 is 0 Å². The minimum absolute atomic E-state index is 0.0915. The second kappa shape index (κ2) is 9.17. The van der Waals surface area contributed by atoms with Gasteiger partial charge in [-0.3, -0.25) is 14.5 Å². The first-order valence-electron chi connectivity index (χ1n) is 8.78. The Morgan fingerprint density at radius 2 is 2.00 bits per heavy atom. The number of benzene rings is 1. The molecule has 1 atom stereocenters. The number of aliphatic hydroxyl groups is 1. The molecule has 0 aliphatic rings. The second-order valence-electron chi connectivity index (χ2n) is 6.58. The number of thiophene rings is 1. The smallest absolute Gasteiger partial charge is 0.255 e. The zero-order valence-corrected chi connectivity index (χ0v) is 17.4. The monoisotopic (exact) mass is 431 g/mol. The number of amides is 1. The molecule has 1 aromatic carbocycles. The molecule has 0 fully saturated rings. The molecule has 0 saturated carbocycles. The number of nitrogens with zero attached hydrogens (tertiary/aromatic N) is 2. The third-order valence-electron chi connectivity index (χ3n) is 4.11. The lowest BCUT2D eigenvalue weighted by Gasteiger charge is -2.25. The summed E-state index contributed by atoms with van der Waals surface area (Å²) in [7, 11) is -3.49. The van der Waals surface area contributed by atoms with E-state index in [4.69, 9.17) is 0 Å². The Kier molecular flexibility index (Phi) is 6.63. The van der Waals surface area contributed by atoms with Gasteiger partial charge in [-0.2, -0.15) is 11.3 Å². The van der Waals surface area contributed by atoms with Gasteiger partial charge in [0.25, 0.3) is 5.91 Å². The van der Waals surface area contributed by atoms with Crippen molar-refractivity contribution in [2.75, 3.05) is 17.5 Å². The third kappa shape index (κ3) is 6.11. The van der Waals surface area contributed by atoms with Crippen LogP contribution in [-0.4, -0.2) is 42.1 Å². The molecule has 29 heavy (non-hydrogen) atoms. The number of nitrogens with one attached hydrogen (secondary N) is 1. The van der Waals surface area contributed by atoms with Crippen molar-refractivity contribution in [3.05, 3.63) is 82.3 Å². The van der Waals surface area contributed by atoms with Crippen LogP contribution in [0.1, 0.15) is 27.6 Å². The van der Waals surface area contributed by atoms with Crippen LogP contribution >= 0.6 is 11.3 Å². The summed E-state index contributed by atoms with van der Waals surface area (Å²) >= 11 is 1.47. The average molecular weight is 432 g/mol. The van der Waals surface area contributed by atoms with Gasteiger partial charge in [-0.25, -0.2) is 8.42 Å². The standard InChI is InChI=1S/C20H21N3O4S2/c1-29(26,27)22-18-9-17(10-21-11-18)20(25)23(12-15-5-3-2-4-6-15)13-19(24)16-7-8-28-14-16/h2-11,14,19,22,24H,12-13H2,1H3. The lowest BCUT2D eigenvalue weighted by Crippen LogP contribution is -2.34. The summed E-state index contributed by atoms with van der Waals surface area (Å²) in [5.41, 5.74) is 2.09. The fraction of sp³-hybridized carbons (Fsp3) is 0.200. The lowest BCUT2D eigenvalue weighted by molar-refractivity contribution is 0.0604. The molecule has 0 radical (unpaired) electrons. The van der Waals surface area contributed by atoms with E-state index < -0.39 is 16.1 Å². The zero-order chi connectivity index (χ0) is 20.9. The Labute approximate surface area is 173 Å². The van der Waals surface area contributed by atoms with Crippen molar-refractivity contribution < 1.29 is 18.3 Å². The lowest BCUT2D eigenvalue weighted by atomic mass is 10.1.